The lowest BCUT2D eigenvalue weighted by Crippen LogP contribution is -2.32. The van der Waals surface area contributed by atoms with Crippen LogP contribution >= 0.6 is 23.1 Å². The minimum atomic E-state index is -0.0338. The number of carbonyl (C=O) groups is 1. The first-order valence-electron chi connectivity index (χ1n) is 10.2. The maximum absolute atomic E-state index is 13.3. The number of nitrogens with zero attached hydrogens (tertiary/aromatic N) is 3. The molecule has 4 aromatic rings. The molecule has 0 spiro atoms. The number of fused-ring (bicyclic) bond motifs is 1. The van der Waals surface area contributed by atoms with Gasteiger partial charge in [0.2, 0.25) is 5.91 Å². The van der Waals surface area contributed by atoms with Gasteiger partial charge in [-0.2, -0.15) is 0 Å². The highest BCUT2D eigenvalue weighted by Crippen LogP contribution is 2.35. The molecule has 4 rings (SSSR count). The van der Waals surface area contributed by atoms with Crippen LogP contribution < -0.4 is 14.4 Å². The lowest BCUT2D eigenvalue weighted by Gasteiger charge is -2.19. The van der Waals surface area contributed by atoms with Crippen molar-refractivity contribution in [3.63, 3.8) is 0 Å². The topological polar surface area (TPSA) is 64.5 Å². The molecule has 6 nitrogen and oxygen atoms in total. The van der Waals surface area contributed by atoms with E-state index in [1.54, 1.807) is 18.2 Å². The van der Waals surface area contributed by atoms with Crippen molar-refractivity contribution in [2.75, 3.05) is 24.4 Å². The minimum absolute atomic E-state index is 0.0338. The highest BCUT2D eigenvalue weighted by molar-refractivity contribution is 8.00. The number of hydrogen-bond acceptors (Lipinski definition) is 7. The van der Waals surface area contributed by atoms with Crippen LogP contribution in [0.25, 0.3) is 10.2 Å². The quantitative estimate of drug-likeness (QED) is 0.307. The molecule has 0 saturated heterocycles. The number of rotatable bonds is 9. The average molecular weight is 466 g/mol. The molecule has 164 valence electrons. The second-order valence-corrected chi connectivity index (χ2v) is 8.86. The van der Waals surface area contributed by atoms with Crippen LogP contribution in [0.15, 0.2) is 71.8 Å². The van der Waals surface area contributed by atoms with Crippen molar-refractivity contribution in [2.45, 2.75) is 18.4 Å². The van der Waals surface area contributed by atoms with Crippen molar-refractivity contribution in [3.05, 3.63) is 72.6 Å². The summed E-state index contributed by atoms with van der Waals surface area (Å²) in [7, 11) is 1.64. The van der Waals surface area contributed by atoms with E-state index in [9.17, 15) is 4.79 Å². The number of benzene rings is 2. The normalized spacial score (nSPS) is 10.8. The third-order valence-electron chi connectivity index (χ3n) is 4.67. The Morgan fingerprint density at radius 3 is 2.66 bits per heavy atom. The number of pyridine rings is 1. The summed E-state index contributed by atoms with van der Waals surface area (Å²) in [4.78, 5) is 25.2. The van der Waals surface area contributed by atoms with Gasteiger partial charge in [-0.3, -0.25) is 14.7 Å². The largest absolute Gasteiger partial charge is 0.497 e. The Bertz CT molecular complexity index is 1180. The van der Waals surface area contributed by atoms with E-state index < -0.39 is 0 Å². The highest BCUT2D eigenvalue weighted by atomic mass is 32.2. The Morgan fingerprint density at radius 1 is 1.09 bits per heavy atom. The monoisotopic (exact) mass is 465 g/mol. The third kappa shape index (κ3) is 5.20. The summed E-state index contributed by atoms with van der Waals surface area (Å²) in [6.45, 7) is 2.85. The number of hydrogen-bond donors (Lipinski definition) is 0. The van der Waals surface area contributed by atoms with Crippen LogP contribution in [0, 0.1) is 0 Å². The SMILES string of the molecule is CCOc1cccc2sc(N(Cc3ccccn3)C(=O)CSc3ccc(OC)cc3)nc12. The van der Waals surface area contributed by atoms with Gasteiger partial charge in [-0.1, -0.05) is 23.5 Å². The molecular weight excluding hydrogens is 442 g/mol. The zero-order valence-corrected chi connectivity index (χ0v) is 19.5. The lowest BCUT2D eigenvalue weighted by molar-refractivity contribution is -0.116. The van der Waals surface area contributed by atoms with Crippen molar-refractivity contribution < 1.29 is 14.3 Å². The molecule has 0 fully saturated rings. The molecule has 2 aromatic heterocycles. The molecule has 8 heteroatoms. The third-order valence-corrected chi connectivity index (χ3v) is 6.71. The van der Waals surface area contributed by atoms with Crippen LogP contribution in [-0.4, -0.2) is 35.3 Å². The smallest absolute Gasteiger partial charge is 0.239 e. The molecule has 2 aromatic carbocycles. The summed E-state index contributed by atoms with van der Waals surface area (Å²) >= 11 is 2.96. The van der Waals surface area contributed by atoms with Crippen molar-refractivity contribution in [3.8, 4) is 11.5 Å². The molecule has 0 saturated carbocycles. The van der Waals surface area contributed by atoms with Crippen LogP contribution in [0.2, 0.25) is 0 Å². The second-order valence-electron chi connectivity index (χ2n) is 6.80. The molecule has 0 radical (unpaired) electrons. The predicted molar refractivity (Wildman–Crippen MR) is 130 cm³/mol. The Labute approximate surface area is 195 Å². The summed E-state index contributed by atoms with van der Waals surface area (Å²) in [6.07, 6.45) is 1.73. The van der Waals surface area contributed by atoms with E-state index >= 15 is 0 Å². The number of anilines is 1. The van der Waals surface area contributed by atoms with Gasteiger partial charge in [0, 0.05) is 11.1 Å². The minimum Gasteiger partial charge on any atom is -0.497 e. The molecule has 0 bridgehead atoms. The fourth-order valence-electron chi connectivity index (χ4n) is 3.11. The molecule has 2 heterocycles. The van der Waals surface area contributed by atoms with Gasteiger partial charge in [0.25, 0.3) is 0 Å². The summed E-state index contributed by atoms with van der Waals surface area (Å²) < 4.78 is 11.9. The van der Waals surface area contributed by atoms with Crippen molar-refractivity contribution >= 4 is 44.4 Å². The van der Waals surface area contributed by atoms with E-state index in [2.05, 4.69) is 4.98 Å². The van der Waals surface area contributed by atoms with Crippen LogP contribution in [0.1, 0.15) is 12.6 Å². The van der Waals surface area contributed by atoms with Gasteiger partial charge in [0.1, 0.15) is 17.0 Å². The van der Waals surface area contributed by atoms with Crippen molar-refractivity contribution in [1.82, 2.24) is 9.97 Å². The molecule has 1 amide bonds. The molecule has 0 aliphatic carbocycles. The van der Waals surface area contributed by atoms with Crippen molar-refractivity contribution in [1.29, 1.82) is 0 Å². The Kier molecular flexibility index (Phi) is 7.24. The number of ether oxygens (including phenoxy) is 2. The number of thioether (sulfide) groups is 1. The van der Waals surface area contributed by atoms with E-state index in [0.29, 0.717) is 18.3 Å². The van der Waals surface area contributed by atoms with Crippen molar-refractivity contribution in [2.24, 2.45) is 0 Å². The van der Waals surface area contributed by atoms with E-state index in [1.807, 2.05) is 67.6 Å². The van der Waals surface area contributed by atoms with Gasteiger partial charge in [0.15, 0.2) is 5.13 Å². The summed E-state index contributed by atoms with van der Waals surface area (Å²) in [6, 6.07) is 19.2. The van der Waals surface area contributed by atoms with E-state index in [0.717, 1.165) is 32.3 Å². The zero-order valence-electron chi connectivity index (χ0n) is 17.9. The molecule has 0 aliphatic rings. The van der Waals surface area contributed by atoms with Crippen LogP contribution in [-0.2, 0) is 11.3 Å². The zero-order chi connectivity index (χ0) is 22.3. The Hall–Kier alpha value is -3.10. The standard InChI is InChI=1S/C24H23N3O3S2/c1-3-30-20-8-6-9-21-23(20)26-24(32-21)27(15-17-7-4-5-14-25-17)22(28)16-31-19-12-10-18(29-2)11-13-19/h4-14H,3,15-16H2,1-2H3. The van der Waals surface area contributed by atoms with Gasteiger partial charge in [-0.15, -0.1) is 11.8 Å². The Balaban J connectivity index is 1.60. The summed E-state index contributed by atoms with van der Waals surface area (Å²) in [5.74, 6) is 1.77. The predicted octanol–water partition coefficient (Wildman–Crippen LogP) is 5.42. The van der Waals surface area contributed by atoms with E-state index in [4.69, 9.17) is 14.5 Å². The number of methoxy groups -OCH3 is 1. The summed E-state index contributed by atoms with van der Waals surface area (Å²) in [5, 5.41) is 0.637. The molecule has 0 aliphatic heterocycles. The molecule has 0 unspecified atom stereocenters. The molecule has 0 atom stereocenters. The second kappa shape index (κ2) is 10.5. The van der Waals surface area contributed by atoms with Crippen LogP contribution in [0.4, 0.5) is 5.13 Å². The maximum Gasteiger partial charge on any atom is 0.239 e. The molecule has 32 heavy (non-hydrogen) atoms. The first kappa shape index (κ1) is 22.1. The first-order chi connectivity index (χ1) is 15.7. The highest BCUT2D eigenvalue weighted by Gasteiger charge is 2.22. The number of aromatic nitrogens is 2. The molecular formula is C24H23N3O3S2. The van der Waals surface area contributed by atoms with Gasteiger partial charge >= 0.3 is 0 Å². The van der Waals surface area contributed by atoms with Crippen LogP contribution in [0.3, 0.4) is 0 Å². The number of para-hydroxylation sites is 1. The van der Waals surface area contributed by atoms with E-state index in [-0.39, 0.29) is 11.7 Å². The van der Waals surface area contributed by atoms with Gasteiger partial charge in [0.05, 0.1) is 36.4 Å². The lowest BCUT2D eigenvalue weighted by atomic mass is 10.3. The van der Waals surface area contributed by atoms with Crippen LogP contribution in [0.5, 0.6) is 11.5 Å². The summed E-state index contributed by atoms with van der Waals surface area (Å²) in [5.41, 5.74) is 1.58. The van der Waals surface area contributed by atoms with Gasteiger partial charge in [-0.05, 0) is 55.5 Å². The fraction of sp³-hybridized carbons (Fsp3) is 0.208. The van der Waals surface area contributed by atoms with E-state index in [1.165, 1.54) is 23.1 Å². The number of amides is 1. The Morgan fingerprint density at radius 2 is 1.94 bits per heavy atom. The van der Waals surface area contributed by atoms with Gasteiger partial charge in [-0.25, -0.2) is 4.98 Å². The fourth-order valence-corrected chi connectivity index (χ4v) is 4.88. The first-order valence-corrected chi connectivity index (χ1v) is 12.0. The molecule has 0 N–H and O–H groups in total. The average Bonchev–Trinajstić information content (AvgIpc) is 3.27. The maximum atomic E-state index is 13.3. The number of carbonyl (C=O) groups excluding carboxylic acids is 1. The van der Waals surface area contributed by atoms with Gasteiger partial charge < -0.3 is 9.47 Å². The number of thiazole rings is 1.